The van der Waals surface area contributed by atoms with Gasteiger partial charge in [0.15, 0.2) is 0 Å². The Hall–Kier alpha value is -1.18. The normalized spacial score (nSPS) is 11.2. The van der Waals surface area contributed by atoms with Crippen molar-refractivity contribution in [1.29, 1.82) is 0 Å². The first kappa shape index (κ1) is 17.2. The Morgan fingerprint density at radius 3 is 1.75 bits per heavy atom. The van der Waals surface area contributed by atoms with Gasteiger partial charge in [0.05, 0.1) is 0 Å². The van der Waals surface area contributed by atoms with Crippen LogP contribution in [0.1, 0.15) is 25.7 Å². The second-order valence-electron chi connectivity index (χ2n) is 3.16. The first-order valence-corrected chi connectivity index (χ1v) is 5.06. The highest BCUT2D eigenvalue weighted by atomic mass is 16.4. The molecule has 8 N–H and O–H groups in total. The third-order valence-electron chi connectivity index (χ3n) is 1.64. The van der Waals surface area contributed by atoms with Crippen molar-refractivity contribution in [2.45, 2.75) is 31.7 Å². The summed E-state index contributed by atoms with van der Waals surface area (Å²) in [6.07, 6.45) is 1.91. The number of carboxylic acid groups (broad SMARTS) is 2. The monoisotopic (exact) mass is 235 g/mol. The summed E-state index contributed by atoms with van der Waals surface area (Å²) in [5.74, 6) is -2.20. The molecule has 0 unspecified atom stereocenters. The Balaban J connectivity index is 0. The maximum atomic E-state index is 9.99. The largest absolute Gasteiger partial charge is 0.481 e. The van der Waals surface area contributed by atoms with Gasteiger partial charge in [-0.3, -0.25) is 9.59 Å². The molecule has 0 aromatic carbocycles. The number of unbranched alkanes of at least 4 members (excludes halogenated alkanes) is 1. The van der Waals surface area contributed by atoms with Crippen molar-refractivity contribution in [3.63, 3.8) is 0 Å². The molecule has 0 saturated carbocycles. The van der Waals surface area contributed by atoms with Crippen LogP contribution < -0.4 is 17.2 Å². The van der Waals surface area contributed by atoms with E-state index in [1.165, 1.54) is 0 Å². The molecule has 0 rings (SSSR count). The smallest absolute Gasteiger partial charge is 0.320 e. The zero-order valence-corrected chi connectivity index (χ0v) is 9.26. The molecule has 7 nitrogen and oxygen atoms in total. The lowest BCUT2D eigenvalue weighted by molar-refractivity contribution is -0.139. The van der Waals surface area contributed by atoms with Crippen molar-refractivity contribution >= 4 is 11.9 Å². The van der Waals surface area contributed by atoms with E-state index in [9.17, 15) is 9.59 Å². The highest BCUT2D eigenvalue weighted by Gasteiger charge is 2.12. The van der Waals surface area contributed by atoms with E-state index >= 15 is 0 Å². The fourth-order valence-corrected chi connectivity index (χ4v) is 0.691. The van der Waals surface area contributed by atoms with E-state index < -0.39 is 18.0 Å². The molecule has 0 radical (unpaired) electrons. The highest BCUT2D eigenvalue weighted by Crippen LogP contribution is 1.93. The van der Waals surface area contributed by atoms with Crippen LogP contribution in [0.25, 0.3) is 0 Å². The highest BCUT2D eigenvalue weighted by molar-refractivity contribution is 5.74. The second kappa shape index (κ2) is 11.9. The Morgan fingerprint density at radius 2 is 1.50 bits per heavy atom. The number of nitrogens with two attached hydrogens (primary N) is 3. The second-order valence-corrected chi connectivity index (χ2v) is 3.16. The number of carbonyl (C=O) groups is 2. The lowest BCUT2D eigenvalue weighted by atomic mass is 10.2. The Kier molecular flexibility index (Phi) is 12.8. The number of carboxylic acids is 2. The maximum Gasteiger partial charge on any atom is 0.320 e. The summed E-state index contributed by atoms with van der Waals surface area (Å²) < 4.78 is 0. The molecular formula is C9H21N3O4. The van der Waals surface area contributed by atoms with Gasteiger partial charge in [-0.05, 0) is 32.4 Å². The molecule has 16 heavy (non-hydrogen) atoms. The van der Waals surface area contributed by atoms with E-state index in [0.29, 0.717) is 0 Å². The fourth-order valence-electron chi connectivity index (χ4n) is 0.691. The van der Waals surface area contributed by atoms with Gasteiger partial charge in [-0.25, -0.2) is 0 Å². The zero-order valence-electron chi connectivity index (χ0n) is 9.26. The minimum absolute atomic E-state index is 0.0231. The Morgan fingerprint density at radius 1 is 1.06 bits per heavy atom. The van der Waals surface area contributed by atoms with Gasteiger partial charge < -0.3 is 27.4 Å². The molecule has 96 valence electrons. The molecule has 0 aliphatic carbocycles. The molecule has 0 aromatic rings. The van der Waals surface area contributed by atoms with Crippen molar-refractivity contribution in [1.82, 2.24) is 0 Å². The zero-order chi connectivity index (χ0) is 13.0. The van der Waals surface area contributed by atoms with Crippen molar-refractivity contribution in [2.24, 2.45) is 17.2 Å². The van der Waals surface area contributed by atoms with Crippen molar-refractivity contribution in [3.8, 4) is 0 Å². The number of hydrogen-bond acceptors (Lipinski definition) is 5. The topological polar surface area (TPSA) is 153 Å². The third-order valence-corrected chi connectivity index (χ3v) is 1.64. The first-order chi connectivity index (χ1) is 7.45. The molecule has 7 heteroatoms. The van der Waals surface area contributed by atoms with Crippen LogP contribution in [0.4, 0.5) is 0 Å². The van der Waals surface area contributed by atoms with Crippen molar-refractivity contribution in [3.05, 3.63) is 0 Å². The van der Waals surface area contributed by atoms with Crippen LogP contribution in [-0.2, 0) is 9.59 Å². The van der Waals surface area contributed by atoms with Gasteiger partial charge in [0.25, 0.3) is 0 Å². The van der Waals surface area contributed by atoms with E-state index in [1.54, 1.807) is 0 Å². The van der Waals surface area contributed by atoms with E-state index in [0.717, 1.165) is 25.9 Å². The van der Waals surface area contributed by atoms with Gasteiger partial charge in [-0.1, -0.05) is 0 Å². The van der Waals surface area contributed by atoms with Crippen LogP contribution in [0.15, 0.2) is 0 Å². The summed E-state index contributed by atoms with van der Waals surface area (Å²) in [6, 6.07) is -1.06. The van der Waals surface area contributed by atoms with Gasteiger partial charge in [0.2, 0.25) is 0 Å². The van der Waals surface area contributed by atoms with Crippen LogP contribution in [-0.4, -0.2) is 41.3 Å². The quantitative estimate of drug-likeness (QED) is 0.353. The summed E-state index contributed by atoms with van der Waals surface area (Å²) in [6.45, 7) is 1.55. The van der Waals surface area contributed by atoms with Crippen LogP contribution in [0, 0.1) is 0 Å². The number of hydrogen-bond donors (Lipinski definition) is 5. The van der Waals surface area contributed by atoms with Gasteiger partial charge in [0.1, 0.15) is 6.04 Å². The van der Waals surface area contributed by atoms with Crippen LogP contribution in [0.2, 0.25) is 0 Å². The van der Waals surface area contributed by atoms with E-state index in [1.807, 2.05) is 0 Å². The summed E-state index contributed by atoms with van der Waals surface area (Å²) >= 11 is 0. The van der Waals surface area contributed by atoms with Gasteiger partial charge in [0, 0.05) is 6.42 Å². The molecule has 0 aromatic heterocycles. The predicted octanol–water partition coefficient (Wildman–Crippen LogP) is -1.05. The summed E-state index contributed by atoms with van der Waals surface area (Å²) in [5, 5.41) is 16.3. The van der Waals surface area contributed by atoms with E-state index in [-0.39, 0.29) is 12.8 Å². The average Bonchev–Trinajstić information content (AvgIpc) is 2.23. The van der Waals surface area contributed by atoms with Crippen LogP contribution in [0.3, 0.4) is 0 Å². The van der Waals surface area contributed by atoms with Crippen molar-refractivity contribution in [2.75, 3.05) is 13.1 Å². The minimum atomic E-state index is -1.17. The van der Waals surface area contributed by atoms with Gasteiger partial charge in [-0.2, -0.15) is 0 Å². The number of aliphatic carboxylic acids is 2. The van der Waals surface area contributed by atoms with Gasteiger partial charge in [-0.15, -0.1) is 0 Å². The lowest BCUT2D eigenvalue weighted by Crippen LogP contribution is -2.30. The predicted molar refractivity (Wildman–Crippen MR) is 59.8 cm³/mol. The molecule has 0 aliphatic rings. The molecule has 0 heterocycles. The average molecular weight is 235 g/mol. The maximum absolute atomic E-state index is 9.99. The van der Waals surface area contributed by atoms with Crippen LogP contribution >= 0.6 is 0 Å². The SMILES string of the molecule is NCCCCN.N[C@@H](CCC(=O)O)C(=O)O. The molecule has 1 atom stereocenters. The standard InChI is InChI=1S/C5H9NO4.C4H12N2/c6-3(5(9)10)1-2-4(7)8;5-3-1-2-4-6/h3H,1-2,6H2,(H,7,8)(H,9,10);1-6H2/t3-;/m0./s1. The van der Waals surface area contributed by atoms with E-state index in [2.05, 4.69) is 0 Å². The summed E-state index contributed by atoms with van der Waals surface area (Å²) in [5.41, 5.74) is 15.3. The van der Waals surface area contributed by atoms with Gasteiger partial charge >= 0.3 is 11.9 Å². The summed E-state index contributed by atoms with van der Waals surface area (Å²) in [7, 11) is 0. The molecule has 0 aliphatic heterocycles. The number of rotatable bonds is 7. The molecule has 0 amide bonds. The molecule has 0 spiro atoms. The first-order valence-electron chi connectivity index (χ1n) is 5.06. The summed E-state index contributed by atoms with van der Waals surface area (Å²) in [4.78, 5) is 19.9. The van der Waals surface area contributed by atoms with Crippen LogP contribution in [0.5, 0.6) is 0 Å². The minimum Gasteiger partial charge on any atom is -0.481 e. The lowest BCUT2D eigenvalue weighted by Gasteiger charge is -2.01. The van der Waals surface area contributed by atoms with Crippen molar-refractivity contribution < 1.29 is 19.8 Å². The molecule has 0 saturated heterocycles. The Labute approximate surface area is 94.6 Å². The molecular weight excluding hydrogens is 214 g/mol. The Bertz CT molecular complexity index is 195. The fraction of sp³-hybridized carbons (Fsp3) is 0.778. The molecule has 0 bridgehead atoms. The molecule has 0 fully saturated rings. The third kappa shape index (κ3) is 15.3. The van der Waals surface area contributed by atoms with E-state index in [4.69, 9.17) is 27.4 Å².